The highest BCUT2D eigenvalue weighted by Gasteiger charge is 2.42. The molecule has 1 N–H and O–H groups in total. The average molecular weight is 432 g/mol. The fourth-order valence-electron chi connectivity index (χ4n) is 3.37. The van der Waals surface area contributed by atoms with E-state index in [2.05, 4.69) is 15.2 Å². The lowest BCUT2D eigenvalue weighted by molar-refractivity contribution is 0.394. The standard InChI is InChI=1S/C20H18ClN3O2S2/c1-25-12-6-7-14(15(11-12)26-2)24-19(16-8-9-17(21)28-16)18(23-20(24)27)13-5-3-4-10-22-13/h3-11,18-19H,1-2H3,(H,23,27)/t18-,19+/m1/s1. The van der Waals surface area contributed by atoms with E-state index in [1.165, 1.54) is 11.3 Å². The molecule has 4 rings (SSSR count). The number of halogens is 1. The number of hydrogen-bond donors (Lipinski definition) is 1. The molecule has 0 amide bonds. The van der Waals surface area contributed by atoms with Crippen molar-refractivity contribution in [3.63, 3.8) is 0 Å². The van der Waals surface area contributed by atoms with Gasteiger partial charge in [-0.25, -0.2) is 0 Å². The summed E-state index contributed by atoms with van der Waals surface area (Å²) in [7, 11) is 3.27. The molecule has 5 nitrogen and oxygen atoms in total. The van der Waals surface area contributed by atoms with E-state index in [4.69, 9.17) is 33.3 Å². The molecule has 28 heavy (non-hydrogen) atoms. The number of pyridine rings is 1. The van der Waals surface area contributed by atoms with Crippen LogP contribution in [-0.2, 0) is 0 Å². The normalized spacial score (nSPS) is 18.8. The van der Waals surface area contributed by atoms with Crippen molar-refractivity contribution < 1.29 is 9.47 Å². The molecule has 3 aromatic rings. The number of nitrogens with zero attached hydrogens (tertiary/aromatic N) is 2. The highest BCUT2D eigenvalue weighted by Crippen LogP contribution is 2.47. The minimum Gasteiger partial charge on any atom is -0.497 e. The van der Waals surface area contributed by atoms with Gasteiger partial charge in [0.25, 0.3) is 0 Å². The molecule has 1 aliphatic rings. The van der Waals surface area contributed by atoms with E-state index in [9.17, 15) is 0 Å². The minimum absolute atomic E-state index is 0.109. The Kier molecular flexibility index (Phi) is 5.39. The summed E-state index contributed by atoms with van der Waals surface area (Å²) < 4.78 is 11.7. The second-order valence-electron chi connectivity index (χ2n) is 6.18. The number of thiophene rings is 1. The van der Waals surface area contributed by atoms with Crippen LogP contribution < -0.4 is 19.7 Å². The highest BCUT2D eigenvalue weighted by atomic mass is 35.5. The second kappa shape index (κ2) is 7.95. The SMILES string of the molecule is COc1ccc(N2C(=S)N[C@H](c3ccccn3)[C@@H]2c2ccc(Cl)s2)c(OC)c1. The molecule has 0 saturated carbocycles. The molecule has 1 saturated heterocycles. The topological polar surface area (TPSA) is 46.6 Å². The van der Waals surface area contributed by atoms with E-state index < -0.39 is 0 Å². The van der Waals surface area contributed by atoms with Gasteiger partial charge in [0.1, 0.15) is 11.5 Å². The second-order valence-corrected chi connectivity index (χ2v) is 8.31. The molecule has 1 fully saturated rings. The fourth-order valence-corrected chi connectivity index (χ4v) is 4.90. The molecule has 144 valence electrons. The van der Waals surface area contributed by atoms with Gasteiger partial charge < -0.3 is 19.7 Å². The van der Waals surface area contributed by atoms with Crippen LogP contribution >= 0.6 is 35.2 Å². The van der Waals surface area contributed by atoms with E-state index in [1.54, 1.807) is 20.4 Å². The molecule has 2 atom stereocenters. The lowest BCUT2D eigenvalue weighted by Gasteiger charge is -2.28. The van der Waals surface area contributed by atoms with Gasteiger partial charge in [0.2, 0.25) is 0 Å². The van der Waals surface area contributed by atoms with Crippen molar-refractivity contribution in [2.24, 2.45) is 0 Å². The molecular formula is C20H18ClN3O2S2. The number of rotatable bonds is 5. The van der Waals surface area contributed by atoms with Crippen LogP contribution in [0.5, 0.6) is 11.5 Å². The largest absolute Gasteiger partial charge is 0.497 e. The van der Waals surface area contributed by atoms with Gasteiger partial charge in [-0.1, -0.05) is 17.7 Å². The average Bonchev–Trinajstić information content (AvgIpc) is 3.30. The summed E-state index contributed by atoms with van der Waals surface area (Å²) in [6.45, 7) is 0. The van der Waals surface area contributed by atoms with Gasteiger partial charge in [0.05, 0.1) is 42.0 Å². The Labute approximate surface area is 177 Å². The van der Waals surface area contributed by atoms with Gasteiger partial charge in [-0.2, -0.15) is 0 Å². The lowest BCUT2D eigenvalue weighted by Crippen LogP contribution is -2.29. The Balaban J connectivity index is 1.84. The summed E-state index contributed by atoms with van der Waals surface area (Å²) in [4.78, 5) is 7.70. The first-order valence-corrected chi connectivity index (χ1v) is 10.2. The molecule has 0 bridgehead atoms. The zero-order valence-corrected chi connectivity index (χ0v) is 17.6. The van der Waals surface area contributed by atoms with Crippen LogP contribution in [0.1, 0.15) is 22.7 Å². The quantitative estimate of drug-likeness (QED) is 0.574. The number of aromatic nitrogens is 1. The summed E-state index contributed by atoms with van der Waals surface area (Å²) in [5, 5.41) is 4.03. The maximum Gasteiger partial charge on any atom is 0.174 e. The summed E-state index contributed by atoms with van der Waals surface area (Å²) >= 11 is 13.5. The van der Waals surface area contributed by atoms with Crippen LogP contribution in [0, 0.1) is 0 Å². The molecule has 3 heterocycles. The maximum absolute atomic E-state index is 6.25. The summed E-state index contributed by atoms with van der Waals surface area (Å²) in [5.41, 5.74) is 1.77. The number of thiocarbonyl (C=S) groups is 1. The predicted molar refractivity (Wildman–Crippen MR) is 117 cm³/mol. The first kappa shape index (κ1) is 19.0. The van der Waals surface area contributed by atoms with E-state index in [0.29, 0.717) is 10.9 Å². The molecule has 0 aliphatic carbocycles. The highest BCUT2D eigenvalue weighted by molar-refractivity contribution is 7.80. The molecule has 0 spiro atoms. The maximum atomic E-state index is 6.25. The van der Waals surface area contributed by atoms with Gasteiger partial charge in [-0.15, -0.1) is 11.3 Å². The first-order chi connectivity index (χ1) is 13.6. The van der Waals surface area contributed by atoms with E-state index >= 15 is 0 Å². The van der Waals surface area contributed by atoms with Gasteiger partial charge in [0.15, 0.2) is 5.11 Å². The number of methoxy groups -OCH3 is 2. The Bertz CT molecular complexity index is 996. The summed E-state index contributed by atoms with van der Waals surface area (Å²) in [6, 6.07) is 15.3. The van der Waals surface area contributed by atoms with E-state index in [1.807, 2.05) is 48.5 Å². The third kappa shape index (κ3) is 3.41. The number of anilines is 1. The Hall–Kier alpha value is -2.35. The zero-order valence-electron chi connectivity index (χ0n) is 15.3. The van der Waals surface area contributed by atoms with Crippen molar-refractivity contribution in [1.82, 2.24) is 10.3 Å². The van der Waals surface area contributed by atoms with Crippen LogP contribution in [0.4, 0.5) is 5.69 Å². The zero-order chi connectivity index (χ0) is 19.7. The Morgan fingerprint density at radius 3 is 2.64 bits per heavy atom. The van der Waals surface area contributed by atoms with Crippen LogP contribution in [0.3, 0.4) is 0 Å². The Morgan fingerprint density at radius 2 is 2.00 bits per heavy atom. The summed E-state index contributed by atoms with van der Waals surface area (Å²) in [6.07, 6.45) is 1.79. The first-order valence-electron chi connectivity index (χ1n) is 8.60. The molecule has 1 aromatic carbocycles. The lowest BCUT2D eigenvalue weighted by atomic mass is 10.0. The molecule has 1 aliphatic heterocycles. The fraction of sp³-hybridized carbons (Fsp3) is 0.200. The molecular weight excluding hydrogens is 414 g/mol. The number of nitrogens with one attached hydrogen (secondary N) is 1. The van der Waals surface area contributed by atoms with Crippen molar-refractivity contribution in [1.29, 1.82) is 0 Å². The van der Waals surface area contributed by atoms with Crippen molar-refractivity contribution in [2.45, 2.75) is 12.1 Å². The number of hydrogen-bond acceptors (Lipinski definition) is 5. The van der Waals surface area contributed by atoms with Gasteiger partial charge in [-0.05, 0) is 48.6 Å². The monoisotopic (exact) mass is 431 g/mol. The molecule has 0 radical (unpaired) electrons. The third-order valence-corrected chi connectivity index (χ3v) is 6.25. The van der Waals surface area contributed by atoms with Crippen LogP contribution in [0.15, 0.2) is 54.7 Å². The smallest absolute Gasteiger partial charge is 0.174 e. The van der Waals surface area contributed by atoms with Crippen molar-refractivity contribution in [3.8, 4) is 11.5 Å². The molecule has 0 unspecified atom stereocenters. The predicted octanol–water partition coefficient (Wildman–Crippen LogP) is 4.99. The summed E-state index contributed by atoms with van der Waals surface area (Å²) in [5.74, 6) is 1.40. The van der Waals surface area contributed by atoms with E-state index in [0.717, 1.165) is 26.3 Å². The van der Waals surface area contributed by atoms with Crippen LogP contribution in [0.2, 0.25) is 4.34 Å². The number of benzene rings is 1. The van der Waals surface area contributed by atoms with Gasteiger partial charge in [0, 0.05) is 17.1 Å². The minimum atomic E-state index is -0.116. The molecule has 8 heteroatoms. The number of ether oxygens (including phenoxy) is 2. The van der Waals surface area contributed by atoms with Crippen molar-refractivity contribution in [2.75, 3.05) is 19.1 Å². The molecule has 2 aromatic heterocycles. The van der Waals surface area contributed by atoms with Crippen LogP contribution in [-0.4, -0.2) is 24.3 Å². The van der Waals surface area contributed by atoms with Crippen molar-refractivity contribution in [3.05, 3.63) is 69.6 Å². The third-order valence-electron chi connectivity index (χ3n) is 4.63. The van der Waals surface area contributed by atoms with Gasteiger partial charge in [-0.3, -0.25) is 4.98 Å². The van der Waals surface area contributed by atoms with Crippen molar-refractivity contribution >= 4 is 46.0 Å². The van der Waals surface area contributed by atoms with Crippen LogP contribution in [0.25, 0.3) is 0 Å². The van der Waals surface area contributed by atoms with E-state index in [-0.39, 0.29) is 12.1 Å². The van der Waals surface area contributed by atoms with Gasteiger partial charge >= 0.3 is 0 Å². The Morgan fingerprint density at radius 1 is 1.14 bits per heavy atom.